The number of halogens is 2. The number of rotatable bonds is 5. The minimum Gasteiger partial charge on any atom is -0.325 e. The first-order valence-electron chi connectivity index (χ1n) is 7.25. The van der Waals surface area contributed by atoms with Crippen molar-refractivity contribution in [2.24, 2.45) is 0 Å². The van der Waals surface area contributed by atoms with E-state index < -0.39 is 17.5 Å². The highest BCUT2D eigenvalue weighted by molar-refractivity contribution is 7.99. The van der Waals surface area contributed by atoms with E-state index in [9.17, 15) is 13.6 Å². The van der Waals surface area contributed by atoms with Crippen LogP contribution in [0, 0.1) is 18.6 Å². The molecule has 1 amide bonds. The molecule has 1 heterocycles. The van der Waals surface area contributed by atoms with E-state index in [2.05, 4.69) is 20.8 Å². The molecule has 0 bridgehead atoms. The Morgan fingerprint density at radius 1 is 1.20 bits per heavy atom. The van der Waals surface area contributed by atoms with Gasteiger partial charge in [0.1, 0.15) is 11.6 Å². The van der Waals surface area contributed by atoms with Crippen LogP contribution >= 0.6 is 11.8 Å². The van der Waals surface area contributed by atoms with Gasteiger partial charge in [-0.2, -0.15) is 4.68 Å². The minimum absolute atomic E-state index is 0.00960. The number of carbonyl (C=O) groups excluding carboxylic acids is 1. The number of anilines is 1. The quantitative estimate of drug-likeness (QED) is 0.708. The van der Waals surface area contributed by atoms with Gasteiger partial charge in [0, 0.05) is 11.8 Å². The second kappa shape index (κ2) is 7.39. The summed E-state index contributed by atoms with van der Waals surface area (Å²) in [7, 11) is 0. The number of carbonyl (C=O) groups is 1. The van der Waals surface area contributed by atoms with Gasteiger partial charge >= 0.3 is 0 Å². The smallest absolute Gasteiger partial charge is 0.234 e. The first-order valence-corrected chi connectivity index (χ1v) is 8.24. The minimum atomic E-state index is -0.758. The van der Waals surface area contributed by atoms with Crippen LogP contribution in [0.1, 0.15) is 5.56 Å². The summed E-state index contributed by atoms with van der Waals surface area (Å²) >= 11 is 1.12. The summed E-state index contributed by atoms with van der Waals surface area (Å²) in [6, 6.07) is 10.4. The van der Waals surface area contributed by atoms with Crippen molar-refractivity contribution in [3.05, 3.63) is 59.7 Å². The Hall–Kier alpha value is -2.81. The summed E-state index contributed by atoms with van der Waals surface area (Å²) in [5, 5.41) is 14.3. The summed E-state index contributed by atoms with van der Waals surface area (Å²) in [6.45, 7) is 1.95. The topological polar surface area (TPSA) is 72.7 Å². The lowest BCUT2D eigenvalue weighted by atomic mass is 10.2. The van der Waals surface area contributed by atoms with Crippen molar-refractivity contribution in [2.45, 2.75) is 12.1 Å². The molecule has 0 aliphatic heterocycles. The van der Waals surface area contributed by atoms with Crippen molar-refractivity contribution in [1.29, 1.82) is 0 Å². The van der Waals surface area contributed by atoms with Gasteiger partial charge in [0.05, 0.1) is 11.4 Å². The monoisotopic (exact) mass is 361 g/mol. The van der Waals surface area contributed by atoms with Crippen LogP contribution in [0.5, 0.6) is 0 Å². The molecule has 0 saturated carbocycles. The molecule has 6 nitrogen and oxygen atoms in total. The lowest BCUT2D eigenvalue weighted by Gasteiger charge is -2.06. The molecule has 0 spiro atoms. The van der Waals surface area contributed by atoms with Crippen LogP contribution < -0.4 is 5.32 Å². The fraction of sp³-hybridized carbons (Fsp3) is 0.125. The molecule has 128 valence electrons. The molecule has 0 fully saturated rings. The normalized spacial score (nSPS) is 10.7. The lowest BCUT2D eigenvalue weighted by Crippen LogP contribution is -2.15. The maximum Gasteiger partial charge on any atom is 0.234 e. The van der Waals surface area contributed by atoms with Crippen molar-refractivity contribution in [2.75, 3.05) is 11.1 Å². The Bertz CT molecular complexity index is 895. The SMILES string of the molecule is Cc1cccc(-n2nnnc2SCC(=O)Nc2cc(F)cc(F)c2)c1. The molecule has 0 saturated heterocycles. The number of nitrogens with one attached hydrogen (secondary N) is 1. The molecule has 3 aromatic rings. The number of hydrogen-bond donors (Lipinski definition) is 1. The second-order valence-corrected chi connectivity index (χ2v) is 6.15. The third-order valence-electron chi connectivity index (χ3n) is 3.17. The Balaban J connectivity index is 1.66. The van der Waals surface area contributed by atoms with Crippen molar-refractivity contribution in [1.82, 2.24) is 20.2 Å². The van der Waals surface area contributed by atoms with Gasteiger partial charge in [-0.1, -0.05) is 23.9 Å². The Morgan fingerprint density at radius 2 is 1.96 bits per heavy atom. The molecule has 0 aliphatic carbocycles. The summed E-state index contributed by atoms with van der Waals surface area (Å²) in [5.41, 5.74) is 1.89. The van der Waals surface area contributed by atoms with Crippen LogP contribution in [0.4, 0.5) is 14.5 Å². The van der Waals surface area contributed by atoms with E-state index in [1.54, 1.807) is 0 Å². The van der Waals surface area contributed by atoms with Gasteiger partial charge in [0.25, 0.3) is 0 Å². The number of thioether (sulfide) groups is 1. The summed E-state index contributed by atoms with van der Waals surface area (Å²) in [5.74, 6) is -1.95. The third-order valence-corrected chi connectivity index (χ3v) is 4.09. The maximum absolute atomic E-state index is 13.1. The third kappa shape index (κ3) is 4.38. The van der Waals surface area contributed by atoms with E-state index in [1.165, 1.54) is 4.68 Å². The number of aromatic nitrogens is 4. The van der Waals surface area contributed by atoms with Gasteiger partial charge in [-0.05, 0) is 47.2 Å². The molecule has 9 heteroatoms. The van der Waals surface area contributed by atoms with Crippen LogP contribution in [0.2, 0.25) is 0 Å². The molecule has 0 atom stereocenters. The van der Waals surface area contributed by atoms with Gasteiger partial charge in [-0.25, -0.2) is 8.78 Å². The van der Waals surface area contributed by atoms with E-state index in [-0.39, 0.29) is 11.4 Å². The fourth-order valence-corrected chi connectivity index (χ4v) is 2.83. The van der Waals surface area contributed by atoms with E-state index in [0.717, 1.165) is 41.2 Å². The molecular weight excluding hydrogens is 348 g/mol. The van der Waals surface area contributed by atoms with E-state index in [4.69, 9.17) is 0 Å². The zero-order valence-corrected chi connectivity index (χ0v) is 13.9. The standard InChI is InChI=1S/C16H13F2N5OS/c1-10-3-2-4-14(5-10)23-16(20-21-22-23)25-9-15(24)19-13-7-11(17)6-12(18)8-13/h2-8H,9H2,1H3,(H,19,24). The van der Waals surface area contributed by atoms with E-state index in [0.29, 0.717) is 5.16 Å². The molecular formula is C16H13F2N5OS. The van der Waals surface area contributed by atoms with Crippen molar-refractivity contribution >= 4 is 23.4 Å². The fourth-order valence-electron chi connectivity index (χ4n) is 2.14. The average molecular weight is 361 g/mol. The lowest BCUT2D eigenvalue weighted by molar-refractivity contribution is -0.113. The number of hydrogen-bond acceptors (Lipinski definition) is 5. The van der Waals surface area contributed by atoms with E-state index >= 15 is 0 Å². The summed E-state index contributed by atoms with van der Waals surface area (Å²) in [4.78, 5) is 12.0. The van der Waals surface area contributed by atoms with Crippen LogP contribution in [0.25, 0.3) is 5.69 Å². The molecule has 1 aromatic heterocycles. The molecule has 1 N–H and O–H groups in total. The van der Waals surface area contributed by atoms with Crippen molar-refractivity contribution < 1.29 is 13.6 Å². The Morgan fingerprint density at radius 3 is 2.68 bits per heavy atom. The van der Waals surface area contributed by atoms with Gasteiger partial charge in [0.15, 0.2) is 0 Å². The average Bonchev–Trinajstić information content (AvgIpc) is 3.00. The Kier molecular flexibility index (Phi) is 5.03. The largest absolute Gasteiger partial charge is 0.325 e. The number of aryl methyl sites for hydroxylation is 1. The Labute approximate surface area is 146 Å². The van der Waals surface area contributed by atoms with Crippen LogP contribution in [-0.2, 0) is 4.79 Å². The highest BCUT2D eigenvalue weighted by Gasteiger charge is 2.12. The highest BCUT2D eigenvalue weighted by Crippen LogP contribution is 2.19. The predicted octanol–water partition coefficient (Wildman–Crippen LogP) is 2.98. The van der Waals surface area contributed by atoms with Crippen LogP contribution in [0.3, 0.4) is 0 Å². The molecule has 25 heavy (non-hydrogen) atoms. The first kappa shape index (κ1) is 17.0. The molecule has 0 unspecified atom stereocenters. The number of benzene rings is 2. The predicted molar refractivity (Wildman–Crippen MR) is 89.6 cm³/mol. The van der Waals surface area contributed by atoms with Gasteiger partial charge in [-0.15, -0.1) is 5.10 Å². The van der Waals surface area contributed by atoms with Crippen LogP contribution in [-0.4, -0.2) is 31.9 Å². The molecule has 3 rings (SSSR count). The van der Waals surface area contributed by atoms with Crippen LogP contribution in [0.15, 0.2) is 47.6 Å². The second-order valence-electron chi connectivity index (χ2n) is 5.21. The number of tetrazole rings is 1. The zero-order valence-electron chi connectivity index (χ0n) is 13.1. The zero-order chi connectivity index (χ0) is 17.8. The van der Waals surface area contributed by atoms with Gasteiger partial charge in [0.2, 0.25) is 11.1 Å². The van der Waals surface area contributed by atoms with Crippen molar-refractivity contribution in [3.63, 3.8) is 0 Å². The molecule has 2 aromatic carbocycles. The molecule has 0 radical (unpaired) electrons. The summed E-state index contributed by atoms with van der Waals surface area (Å²) in [6.07, 6.45) is 0. The van der Waals surface area contributed by atoms with Crippen molar-refractivity contribution in [3.8, 4) is 5.69 Å². The first-order chi connectivity index (χ1) is 12.0. The van der Waals surface area contributed by atoms with Gasteiger partial charge < -0.3 is 5.32 Å². The maximum atomic E-state index is 13.1. The summed E-state index contributed by atoms with van der Waals surface area (Å²) < 4.78 is 27.8. The molecule has 0 aliphatic rings. The van der Waals surface area contributed by atoms with E-state index in [1.807, 2.05) is 31.2 Å². The highest BCUT2D eigenvalue weighted by atomic mass is 32.2. The van der Waals surface area contributed by atoms with Gasteiger partial charge in [-0.3, -0.25) is 4.79 Å². The number of amides is 1. The number of nitrogens with zero attached hydrogens (tertiary/aromatic N) is 4.